The zero-order valence-electron chi connectivity index (χ0n) is 9.25. The van der Waals surface area contributed by atoms with Gasteiger partial charge in [0.15, 0.2) is 0 Å². The molecule has 0 aliphatic carbocycles. The number of pyridine rings is 1. The van der Waals surface area contributed by atoms with Gasteiger partial charge in [-0.1, -0.05) is 0 Å². The molecule has 0 atom stereocenters. The predicted molar refractivity (Wildman–Crippen MR) is 73.1 cm³/mol. The number of thiophene rings is 1. The number of halogens is 1. The van der Waals surface area contributed by atoms with Crippen LogP contribution in [0.3, 0.4) is 0 Å². The standard InChI is InChI=1S/C12H13BrN2S/c1-8-3-4-12(9(2)15-8)14-6-11-5-10(13)7-16-11/h3-5,7,14H,6H2,1-2H3. The Hall–Kier alpha value is -0.870. The van der Waals surface area contributed by atoms with Crippen LogP contribution in [0, 0.1) is 13.8 Å². The van der Waals surface area contributed by atoms with E-state index in [1.807, 2.05) is 19.9 Å². The van der Waals surface area contributed by atoms with Gasteiger partial charge in [-0.15, -0.1) is 11.3 Å². The maximum atomic E-state index is 4.42. The molecule has 0 saturated heterocycles. The lowest BCUT2D eigenvalue weighted by atomic mass is 10.2. The Labute approximate surface area is 108 Å². The Bertz CT molecular complexity index is 494. The molecule has 2 aromatic rings. The number of rotatable bonds is 3. The number of aryl methyl sites for hydroxylation is 2. The van der Waals surface area contributed by atoms with Gasteiger partial charge >= 0.3 is 0 Å². The molecule has 0 radical (unpaired) electrons. The van der Waals surface area contributed by atoms with Crippen molar-refractivity contribution >= 4 is 33.0 Å². The van der Waals surface area contributed by atoms with Crippen molar-refractivity contribution < 1.29 is 0 Å². The quantitative estimate of drug-likeness (QED) is 0.921. The summed E-state index contributed by atoms with van der Waals surface area (Å²) in [6, 6.07) is 6.24. The predicted octanol–water partition coefficient (Wildman–Crippen LogP) is 4.13. The second-order valence-electron chi connectivity index (χ2n) is 3.67. The van der Waals surface area contributed by atoms with Crippen molar-refractivity contribution in [1.29, 1.82) is 0 Å². The minimum absolute atomic E-state index is 0.849. The minimum atomic E-state index is 0.849. The Balaban J connectivity index is 2.04. The Morgan fingerprint density at radius 2 is 2.19 bits per heavy atom. The summed E-state index contributed by atoms with van der Waals surface area (Å²) in [6.45, 7) is 4.88. The molecule has 2 nitrogen and oxygen atoms in total. The van der Waals surface area contributed by atoms with Crippen molar-refractivity contribution in [3.63, 3.8) is 0 Å². The van der Waals surface area contributed by atoms with Gasteiger partial charge in [-0.2, -0.15) is 0 Å². The highest BCUT2D eigenvalue weighted by molar-refractivity contribution is 9.10. The Morgan fingerprint density at radius 1 is 1.38 bits per heavy atom. The number of nitrogens with zero attached hydrogens (tertiary/aromatic N) is 1. The Morgan fingerprint density at radius 3 is 2.81 bits per heavy atom. The second kappa shape index (κ2) is 4.97. The first kappa shape index (κ1) is 11.6. The van der Waals surface area contributed by atoms with Crippen LogP contribution in [0.1, 0.15) is 16.3 Å². The molecule has 0 spiro atoms. The van der Waals surface area contributed by atoms with Crippen molar-refractivity contribution in [3.05, 3.63) is 44.3 Å². The maximum absolute atomic E-state index is 4.42. The molecule has 84 valence electrons. The molecule has 0 unspecified atom stereocenters. The van der Waals surface area contributed by atoms with Gasteiger partial charge in [0.2, 0.25) is 0 Å². The molecule has 0 aromatic carbocycles. The summed E-state index contributed by atoms with van der Waals surface area (Å²) in [6.07, 6.45) is 0. The van der Waals surface area contributed by atoms with Crippen LogP contribution in [-0.2, 0) is 6.54 Å². The van der Waals surface area contributed by atoms with E-state index in [1.165, 1.54) is 4.88 Å². The molecule has 2 heterocycles. The molecule has 2 aromatic heterocycles. The first-order valence-electron chi connectivity index (χ1n) is 5.06. The first-order valence-corrected chi connectivity index (χ1v) is 6.73. The Kier molecular flexibility index (Phi) is 3.61. The third-order valence-corrected chi connectivity index (χ3v) is 4.00. The summed E-state index contributed by atoms with van der Waals surface area (Å²) >= 11 is 5.20. The summed E-state index contributed by atoms with van der Waals surface area (Å²) in [5.41, 5.74) is 3.22. The number of anilines is 1. The molecule has 16 heavy (non-hydrogen) atoms. The van der Waals surface area contributed by atoms with Crippen LogP contribution in [0.15, 0.2) is 28.1 Å². The van der Waals surface area contributed by atoms with Gasteiger partial charge in [0.25, 0.3) is 0 Å². The summed E-state index contributed by atoms with van der Waals surface area (Å²) in [5, 5.41) is 5.49. The van der Waals surface area contributed by atoms with Gasteiger partial charge in [0.05, 0.1) is 11.4 Å². The van der Waals surface area contributed by atoms with Crippen molar-refractivity contribution in [2.24, 2.45) is 0 Å². The topological polar surface area (TPSA) is 24.9 Å². The van der Waals surface area contributed by atoms with Crippen LogP contribution in [0.2, 0.25) is 0 Å². The molecule has 0 fully saturated rings. The van der Waals surface area contributed by atoms with Gasteiger partial charge in [-0.3, -0.25) is 4.98 Å². The van der Waals surface area contributed by atoms with Crippen molar-refractivity contribution in [3.8, 4) is 0 Å². The van der Waals surface area contributed by atoms with Gasteiger partial charge in [-0.25, -0.2) is 0 Å². The zero-order chi connectivity index (χ0) is 11.5. The van der Waals surface area contributed by atoms with E-state index in [1.54, 1.807) is 11.3 Å². The fourth-order valence-corrected chi connectivity index (χ4v) is 2.89. The van der Waals surface area contributed by atoms with Crippen LogP contribution in [0.4, 0.5) is 5.69 Å². The van der Waals surface area contributed by atoms with E-state index in [4.69, 9.17) is 0 Å². The molecule has 0 bridgehead atoms. The van der Waals surface area contributed by atoms with Gasteiger partial charge < -0.3 is 5.32 Å². The van der Waals surface area contributed by atoms with Crippen LogP contribution in [0.25, 0.3) is 0 Å². The van der Waals surface area contributed by atoms with E-state index in [-0.39, 0.29) is 0 Å². The SMILES string of the molecule is Cc1ccc(NCc2cc(Br)cs2)c(C)n1. The van der Waals surface area contributed by atoms with E-state index in [0.29, 0.717) is 0 Å². The highest BCUT2D eigenvalue weighted by Crippen LogP contribution is 2.21. The van der Waals surface area contributed by atoms with Crippen LogP contribution in [0.5, 0.6) is 0 Å². The molecule has 0 amide bonds. The summed E-state index contributed by atoms with van der Waals surface area (Å²) in [4.78, 5) is 5.73. The number of hydrogen-bond acceptors (Lipinski definition) is 3. The van der Waals surface area contributed by atoms with Crippen LogP contribution < -0.4 is 5.32 Å². The van der Waals surface area contributed by atoms with Crippen LogP contribution >= 0.6 is 27.3 Å². The van der Waals surface area contributed by atoms with E-state index in [0.717, 1.165) is 28.1 Å². The highest BCUT2D eigenvalue weighted by atomic mass is 79.9. The summed E-state index contributed by atoms with van der Waals surface area (Å²) in [7, 11) is 0. The molecule has 4 heteroatoms. The average Bonchev–Trinajstić information content (AvgIpc) is 2.63. The molecular formula is C12H13BrN2S. The lowest BCUT2D eigenvalue weighted by molar-refractivity contribution is 1.09. The number of nitrogens with one attached hydrogen (secondary N) is 1. The van der Waals surface area contributed by atoms with Crippen molar-refractivity contribution in [1.82, 2.24) is 4.98 Å². The smallest absolute Gasteiger partial charge is 0.0607 e. The van der Waals surface area contributed by atoms with E-state index in [2.05, 4.69) is 43.7 Å². The largest absolute Gasteiger partial charge is 0.379 e. The molecular weight excluding hydrogens is 284 g/mol. The lowest BCUT2D eigenvalue weighted by Crippen LogP contribution is -2.01. The minimum Gasteiger partial charge on any atom is -0.379 e. The normalized spacial score (nSPS) is 10.4. The van der Waals surface area contributed by atoms with Crippen LogP contribution in [-0.4, -0.2) is 4.98 Å². The van der Waals surface area contributed by atoms with Gasteiger partial charge in [0, 0.05) is 27.0 Å². The van der Waals surface area contributed by atoms with E-state index in [9.17, 15) is 0 Å². The zero-order valence-corrected chi connectivity index (χ0v) is 11.7. The molecule has 0 aliphatic rings. The number of hydrogen-bond donors (Lipinski definition) is 1. The van der Waals surface area contributed by atoms with Crippen molar-refractivity contribution in [2.45, 2.75) is 20.4 Å². The van der Waals surface area contributed by atoms with E-state index >= 15 is 0 Å². The second-order valence-corrected chi connectivity index (χ2v) is 5.58. The first-order chi connectivity index (χ1) is 7.65. The molecule has 1 N–H and O–H groups in total. The lowest BCUT2D eigenvalue weighted by Gasteiger charge is -2.08. The van der Waals surface area contributed by atoms with Crippen molar-refractivity contribution in [2.75, 3.05) is 5.32 Å². The molecule has 2 rings (SSSR count). The third-order valence-electron chi connectivity index (χ3n) is 2.30. The third kappa shape index (κ3) is 2.83. The fraction of sp³-hybridized carbons (Fsp3) is 0.250. The maximum Gasteiger partial charge on any atom is 0.0607 e. The van der Waals surface area contributed by atoms with Gasteiger partial charge in [0.1, 0.15) is 0 Å². The summed E-state index contributed by atoms with van der Waals surface area (Å²) < 4.78 is 1.15. The summed E-state index contributed by atoms with van der Waals surface area (Å²) in [5.74, 6) is 0. The number of aromatic nitrogens is 1. The highest BCUT2D eigenvalue weighted by Gasteiger charge is 2.01. The monoisotopic (exact) mass is 296 g/mol. The fourth-order valence-electron chi connectivity index (χ4n) is 1.50. The van der Waals surface area contributed by atoms with Gasteiger partial charge in [-0.05, 0) is 48.0 Å². The molecule has 0 saturated carbocycles. The average molecular weight is 297 g/mol. The van der Waals surface area contributed by atoms with E-state index < -0.39 is 0 Å². The molecule has 0 aliphatic heterocycles.